The van der Waals surface area contributed by atoms with Gasteiger partial charge in [0.2, 0.25) is 0 Å². The molecule has 0 aliphatic carbocycles. The van der Waals surface area contributed by atoms with Crippen molar-refractivity contribution >= 4 is 5.69 Å². The molecule has 0 heterocycles. The summed E-state index contributed by atoms with van der Waals surface area (Å²) in [6.07, 6.45) is 0. The molecule has 1 unspecified atom stereocenters. The molecule has 3 heteroatoms. The maximum atomic E-state index is 5.95. The largest absolute Gasteiger partial charge is 0.383 e. The van der Waals surface area contributed by atoms with Gasteiger partial charge in [-0.2, -0.15) is 0 Å². The molecule has 3 nitrogen and oxygen atoms in total. The highest BCUT2D eigenvalue weighted by Gasteiger charge is 2.06. The fourth-order valence-electron chi connectivity index (χ4n) is 1.28. The zero-order valence-corrected chi connectivity index (χ0v) is 9.53. The molecule has 0 aliphatic heterocycles. The number of nitrogens with one attached hydrogen (secondary N) is 1. The van der Waals surface area contributed by atoms with Crippen molar-refractivity contribution in [2.75, 3.05) is 11.9 Å². The molecule has 0 radical (unpaired) electrons. The second-order valence-corrected chi connectivity index (χ2v) is 4.19. The van der Waals surface area contributed by atoms with Crippen molar-refractivity contribution in [1.29, 1.82) is 0 Å². The zero-order chi connectivity index (χ0) is 11.3. The van der Waals surface area contributed by atoms with Gasteiger partial charge >= 0.3 is 0 Å². The molecule has 0 saturated carbocycles. The summed E-state index contributed by atoms with van der Waals surface area (Å²) in [6.45, 7) is 5.63. The number of nitrogens with two attached hydrogens (primary N) is 2. The Kier molecular flexibility index (Phi) is 4.59. The van der Waals surface area contributed by atoms with Crippen LogP contribution in [0.15, 0.2) is 24.3 Å². The molecule has 0 fully saturated rings. The van der Waals surface area contributed by atoms with Gasteiger partial charge in [-0.3, -0.25) is 0 Å². The van der Waals surface area contributed by atoms with Crippen molar-refractivity contribution in [3.8, 4) is 0 Å². The lowest BCUT2D eigenvalue weighted by atomic mass is 10.1. The van der Waals surface area contributed by atoms with E-state index in [1.807, 2.05) is 18.2 Å². The molecule has 0 aliphatic rings. The topological polar surface area (TPSA) is 64.1 Å². The predicted molar refractivity (Wildman–Crippen MR) is 65.6 cm³/mol. The smallest absolute Gasteiger partial charge is 0.0343 e. The molecule has 1 rings (SSSR count). The van der Waals surface area contributed by atoms with E-state index >= 15 is 0 Å². The Bertz CT molecular complexity index is 297. The van der Waals surface area contributed by atoms with E-state index < -0.39 is 0 Å². The lowest BCUT2D eigenvalue weighted by Gasteiger charge is -2.17. The third kappa shape index (κ3) is 3.90. The van der Waals surface area contributed by atoms with Crippen molar-refractivity contribution in [3.63, 3.8) is 0 Å². The fourth-order valence-corrected chi connectivity index (χ4v) is 1.28. The quantitative estimate of drug-likeness (QED) is 0.686. The molecule has 0 spiro atoms. The normalized spacial score (nSPS) is 12.9. The first kappa shape index (κ1) is 12.0. The first-order valence-electron chi connectivity index (χ1n) is 5.42. The Morgan fingerprint density at radius 2 is 2.07 bits per heavy atom. The molecule has 0 saturated heterocycles. The van der Waals surface area contributed by atoms with Gasteiger partial charge < -0.3 is 16.8 Å². The summed E-state index contributed by atoms with van der Waals surface area (Å²) < 4.78 is 0. The van der Waals surface area contributed by atoms with Crippen molar-refractivity contribution in [1.82, 2.24) is 0 Å². The summed E-state index contributed by atoms with van der Waals surface area (Å²) in [6, 6.07) is 8.31. The van der Waals surface area contributed by atoms with Crippen LogP contribution in [0, 0.1) is 5.92 Å². The van der Waals surface area contributed by atoms with E-state index in [4.69, 9.17) is 11.5 Å². The van der Waals surface area contributed by atoms with Crippen LogP contribution in [0.1, 0.15) is 19.4 Å². The maximum absolute atomic E-state index is 5.95. The summed E-state index contributed by atoms with van der Waals surface area (Å²) in [5.74, 6) is 0.496. The minimum absolute atomic E-state index is 0.187. The maximum Gasteiger partial charge on any atom is 0.0343 e. The lowest BCUT2D eigenvalue weighted by molar-refractivity contribution is 0.511. The summed E-state index contributed by atoms with van der Waals surface area (Å²) in [5, 5.41) is 3.32. The van der Waals surface area contributed by atoms with E-state index in [0.717, 1.165) is 17.8 Å². The van der Waals surface area contributed by atoms with Crippen LogP contribution < -0.4 is 16.8 Å². The van der Waals surface area contributed by atoms with Gasteiger partial charge in [0.1, 0.15) is 0 Å². The molecular weight excluding hydrogens is 186 g/mol. The number of hydrogen-bond donors (Lipinski definition) is 3. The standard InChI is InChI=1S/C12H21N3/c1-9(2)12(14)8-15-11-5-3-4-10(6-11)7-13/h3-6,9,12,15H,7-8,13-14H2,1-2H3. The predicted octanol–water partition coefficient (Wildman–Crippen LogP) is 1.54. The molecule has 84 valence electrons. The summed E-state index contributed by atoms with van der Waals surface area (Å²) in [4.78, 5) is 0. The summed E-state index contributed by atoms with van der Waals surface area (Å²) >= 11 is 0. The van der Waals surface area contributed by atoms with E-state index in [1.165, 1.54) is 0 Å². The first-order valence-corrected chi connectivity index (χ1v) is 5.42. The summed E-state index contributed by atoms with van der Waals surface area (Å²) in [5.41, 5.74) is 13.7. The Hall–Kier alpha value is -1.06. The van der Waals surface area contributed by atoms with Crippen LogP contribution in [0.5, 0.6) is 0 Å². The SMILES string of the molecule is CC(C)C(N)CNc1cccc(CN)c1. The van der Waals surface area contributed by atoms with Gasteiger partial charge in [-0.15, -0.1) is 0 Å². The van der Waals surface area contributed by atoms with E-state index in [1.54, 1.807) is 0 Å². The van der Waals surface area contributed by atoms with Gasteiger partial charge in [-0.1, -0.05) is 26.0 Å². The van der Waals surface area contributed by atoms with E-state index in [-0.39, 0.29) is 6.04 Å². The van der Waals surface area contributed by atoms with Crippen molar-refractivity contribution < 1.29 is 0 Å². The highest BCUT2D eigenvalue weighted by atomic mass is 14.9. The molecule has 0 aromatic heterocycles. The highest BCUT2D eigenvalue weighted by Crippen LogP contribution is 2.10. The Morgan fingerprint density at radius 1 is 1.33 bits per heavy atom. The third-order valence-corrected chi connectivity index (χ3v) is 2.56. The number of rotatable bonds is 5. The molecule has 5 N–H and O–H groups in total. The number of benzene rings is 1. The van der Waals surface area contributed by atoms with Gasteiger partial charge in [0.25, 0.3) is 0 Å². The average Bonchev–Trinajstić information content (AvgIpc) is 2.26. The summed E-state index contributed by atoms with van der Waals surface area (Å²) in [7, 11) is 0. The van der Waals surface area contributed by atoms with Crippen molar-refractivity contribution in [2.45, 2.75) is 26.4 Å². The first-order chi connectivity index (χ1) is 7.13. The van der Waals surface area contributed by atoms with Gasteiger partial charge in [0.15, 0.2) is 0 Å². The zero-order valence-electron chi connectivity index (χ0n) is 9.53. The Labute approximate surface area is 91.9 Å². The third-order valence-electron chi connectivity index (χ3n) is 2.56. The molecule has 15 heavy (non-hydrogen) atoms. The van der Waals surface area contributed by atoms with Crippen molar-refractivity contribution in [3.05, 3.63) is 29.8 Å². The molecular formula is C12H21N3. The molecule has 0 bridgehead atoms. The van der Waals surface area contributed by atoms with Gasteiger partial charge in [-0.25, -0.2) is 0 Å². The van der Waals surface area contributed by atoms with Gasteiger partial charge in [0, 0.05) is 24.8 Å². The van der Waals surface area contributed by atoms with Gasteiger partial charge in [-0.05, 0) is 23.6 Å². The van der Waals surface area contributed by atoms with Crippen LogP contribution in [-0.2, 0) is 6.54 Å². The number of hydrogen-bond acceptors (Lipinski definition) is 3. The van der Waals surface area contributed by atoms with Crippen LogP contribution in [-0.4, -0.2) is 12.6 Å². The Balaban J connectivity index is 2.50. The minimum Gasteiger partial charge on any atom is -0.383 e. The monoisotopic (exact) mass is 207 g/mol. The molecule has 0 amide bonds. The lowest BCUT2D eigenvalue weighted by Crippen LogP contribution is -2.33. The second-order valence-electron chi connectivity index (χ2n) is 4.19. The van der Waals surface area contributed by atoms with Crippen molar-refractivity contribution in [2.24, 2.45) is 17.4 Å². The fraction of sp³-hybridized carbons (Fsp3) is 0.500. The van der Waals surface area contributed by atoms with E-state index in [9.17, 15) is 0 Å². The van der Waals surface area contributed by atoms with Gasteiger partial charge in [0.05, 0.1) is 0 Å². The van der Waals surface area contributed by atoms with Crippen LogP contribution >= 0.6 is 0 Å². The second kappa shape index (κ2) is 5.73. The van der Waals surface area contributed by atoms with Crippen LogP contribution in [0.25, 0.3) is 0 Å². The molecule has 1 atom stereocenters. The van der Waals surface area contributed by atoms with Crippen LogP contribution in [0.4, 0.5) is 5.69 Å². The highest BCUT2D eigenvalue weighted by molar-refractivity contribution is 5.45. The molecule has 1 aromatic rings. The number of anilines is 1. The van der Waals surface area contributed by atoms with Crippen LogP contribution in [0.3, 0.4) is 0 Å². The van der Waals surface area contributed by atoms with Crippen LogP contribution in [0.2, 0.25) is 0 Å². The van der Waals surface area contributed by atoms with E-state index in [0.29, 0.717) is 12.5 Å². The van der Waals surface area contributed by atoms with E-state index in [2.05, 4.69) is 25.2 Å². The average molecular weight is 207 g/mol. The molecule has 1 aromatic carbocycles. The Morgan fingerprint density at radius 3 is 2.67 bits per heavy atom. The minimum atomic E-state index is 0.187.